The maximum atomic E-state index is 13.1. The highest BCUT2D eigenvalue weighted by Crippen LogP contribution is 2.42. The van der Waals surface area contributed by atoms with Crippen LogP contribution in [0.1, 0.15) is 23.3 Å². The van der Waals surface area contributed by atoms with E-state index in [1.165, 1.54) is 0 Å². The van der Waals surface area contributed by atoms with Crippen molar-refractivity contribution in [3.63, 3.8) is 0 Å². The summed E-state index contributed by atoms with van der Waals surface area (Å²) >= 11 is 1.60. The van der Waals surface area contributed by atoms with Crippen molar-refractivity contribution < 1.29 is 14.4 Å². The lowest BCUT2D eigenvalue weighted by Gasteiger charge is -2.31. The molecule has 7 nitrogen and oxygen atoms in total. The molecule has 1 aromatic heterocycles. The zero-order valence-electron chi connectivity index (χ0n) is 15.8. The summed E-state index contributed by atoms with van der Waals surface area (Å²) in [6.45, 7) is -0.304. The van der Waals surface area contributed by atoms with Gasteiger partial charge in [-0.15, -0.1) is 11.3 Å². The minimum absolute atomic E-state index is 0.304. The van der Waals surface area contributed by atoms with Crippen LogP contribution in [0, 0.1) is 0 Å². The van der Waals surface area contributed by atoms with Gasteiger partial charge in [-0.3, -0.25) is 14.5 Å². The van der Waals surface area contributed by atoms with Crippen LogP contribution in [0.15, 0.2) is 35.7 Å². The van der Waals surface area contributed by atoms with Crippen LogP contribution >= 0.6 is 11.3 Å². The Balaban J connectivity index is 1.48. The van der Waals surface area contributed by atoms with E-state index < -0.39 is 17.5 Å². The Hall–Kier alpha value is -2.87. The zero-order chi connectivity index (χ0) is 19.9. The molecule has 1 aliphatic carbocycles. The van der Waals surface area contributed by atoms with Crippen LogP contribution in [0.4, 0.5) is 16.2 Å². The van der Waals surface area contributed by atoms with Crippen molar-refractivity contribution in [2.75, 3.05) is 30.9 Å². The van der Waals surface area contributed by atoms with Crippen molar-refractivity contribution in [2.45, 2.75) is 24.8 Å². The molecule has 1 fully saturated rings. The van der Waals surface area contributed by atoms with Crippen molar-refractivity contribution in [2.24, 2.45) is 0 Å². The molecule has 8 heteroatoms. The van der Waals surface area contributed by atoms with Gasteiger partial charge in [-0.2, -0.15) is 0 Å². The summed E-state index contributed by atoms with van der Waals surface area (Å²) < 4.78 is 0. The molecule has 0 unspecified atom stereocenters. The highest BCUT2D eigenvalue weighted by molar-refractivity contribution is 7.10. The molecule has 28 heavy (non-hydrogen) atoms. The zero-order valence-corrected chi connectivity index (χ0v) is 16.6. The molecule has 2 aliphatic rings. The molecule has 4 amide bonds. The second-order valence-electron chi connectivity index (χ2n) is 7.33. The SMILES string of the molecule is CN(C)c1ccc(NC(=O)CN2C(=O)N[C@@]3(CCCc4sccc43)C2=O)cc1. The molecular formula is C20H22N4O3S. The third-order valence-electron chi connectivity index (χ3n) is 5.31. The van der Waals surface area contributed by atoms with Crippen LogP contribution in [0.25, 0.3) is 0 Å². The summed E-state index contributed by atoms with van der Waals surface area (Å²) in [4.78, 5) is 42.2. The van der Waals surface area contributed by atoms with Crippen LogP contribution in [0.2, 0.25) is 0 Å². The number of urea groups is 1. The van der Waals surface area contributed by atoms with Gasteiger partial charge in [0.25, 0.3) is 5.91 Å². The van der Waals surface area contributed by atoms with Gasteiger partial charge in [-0.1, -0.05) is 0 Å². The number of nitrogens with zero attached hydrogens (tertiary/aromatic N) is 2. The van der Waals surface area contributed by atoms with E-state index in [-0.39, 0.29) is 12.5 Å². The van der Waals surface area contributed by atoms with E-state index in [0.717, 1.165) is 33.9 Å². The fourth-order valence-electron chi connectivity index (χ4n) is 3.87. The molecule has 0 radical (unpaired) electrons. The van der Waals surface area contributed by atoms with Gasteiger partial charge >= 0.3 is 6.03 Å². The molecule has 1 spiro atoms. The molecule has 1 atom stereocenters. The maximum Gasteiger partial charge on any atom is 0.325 e. The van der Waals surface area contributed by atoms with Crippen molar-refractivity contribution in [3.8, 4) is 0 Å². The van der Waals surface area contributed by atoms with E-state index in [0.29, 0.717) is 12.1 Å². The summed E-state index contributed by atoms with van der Waals surface area (Å²) in [5.74, 6) is -0.741. The number of hydrogen-bond acceptors (Lipinski definition) is 5. The van der Waals surface area contributed by atoms with E-state index in [1.54, 1.807) is 23.5 Å². The van der Waals surface area contributed by atoms with E-state index in [4.69, 9.17) is 0 Å². The van der Waals surface area contributed by atoms with Gasteiger partial charge in [-0.05, 0) is 55.0 Å². The van der Waals surface area contributed by atoms with Gasteiger partial charge in [0.05, 0.1) is 0 Å². The van der Waals surface area contributed by atoms with Gasteiger partial charge in [0, 0.05) is 35.9 Å². The minimum Gasteiger partial charge on any atom is -0.378 e. The number of aryl methyl sites for hydroxylation is 1. The monoisotopic (exact) mass is 398 g/mol. The highest BCUT2D eigenvalue weighted by atomic mass is 32.1. The Labute approximate surface area is 167 Å². The van der Waals surface area contributed by atoms with Crippen LogP contribution in [-0.2, 0) is 21.5 Å². The van der Waals surface area contributed by atoms with Gasteiger partial charge < -0.3 is 15.5 Å². The van der Waals surface area contributed by atoms with Gasteiger partial charge in [0.15, 0.2) is 0 Å². The maximum absolute atomic E-state index is 13.1. The molecule has 1 aromatic carbocycles. The summed E-state index contributed by atoms with van der Waals surface area (Å²) in [5, 5.41) is 7.56. The summed E-state index contributed by atoms with van der Waals surface area (Å²) in [5.41, 5.74) is 1.50. The Bertz CT molecular complexity index is 937. The van der Waals surface area contributed by atoms with Crippen LogP contribution < -0.4 is 15.5 Å². The molecule has 1 saturated heterocycles. The van der Waals surface area contributed by atoms with Crippen molar-refractivity contribution in [1.29, 1.82) is 0 Å². The molecule has 2 N–H and O–H groups in total. The first-order valence-corrected chi connectivity index (χ1v) is 10.1. The molecule has 2 aromatic rings. The number of thiophene rings is 1. The predicted molar refractivity (Wildman–Crippen MR) is 109 cm³/mol. The number of carbonyl (C=O) groups is 3. The van der Waals surface area contributed by atoms with Crippen molar-refractivity contribution in [3.05, 3.63) is 46.2 Å². The summed E-state index contributed by atoms with van der Waals surface area (Å²) in [6.07, 6.45) is 2.31. The lowest BCUT2D eigenvalue weighted by Crippen LogP contribution is -2.46. The fraction of sp³-hybridized carbons (Fsp3) is 0.350. The number of benzene rings is 1. The van der Waals surface area contributed by atoms with E-state index >= 15 is 0 Å². The van der Waals surface area contributed by atoms with Crippen molar-refractivity contribution >= 4 is 40.6 Å². The first kappa shape index (κ1) is 18.5. The molecule has 2 heterocycles. The lowest BCUT2D eigenvalue weighted by molar-refractivity contribution is -0.134. The number of amides is 4. The topological polar surface area (TPSA) is 81.8 Å². The Morgan fingerprint density at radius 2 is 2.00 bits per heavy atom. The molecular weight excluding hydrogens is 376 g/mol. The largest absolute Gasteiger partial charge is 0.378 e. The Morgan fingerprint density at radius 3 is 2.71 bits per heavy atom. The van der Waals surface area contributed by atoms with Gasteiger partial charge in [0.1, 0.15) is 12.1 Å². The number of hydrogen-bond donors (Lipinski definition) is 2. The second kappa shape index (κ2) is 6.94. The van der Waals surface area contributed by atoms with Crippen LogP contribution in [0.5, 0.6) is 0 Å². The predicted octanol–water partition coefficient (Wildman–Crippen LogP) is 2.54. The summed E-state index contributed by atoms with van der Waals surface area (Å²) in [7, 11) is 3.87. The third kappa shape index (κ3) is 3.03. The van der Waals surface area contributed by atoms with Crippen molar-refractivity contribution in [1.82, 2.24) is 10.2 Å². The average Bonchev–Trinajstić information content (AvgIpc) is 3.23. The fourth-order valence-corrected chi connectivity index (χ4v) is 4.87. The first-order valence-electron chi connectivity index (χ1n) is 9.19. The number of rotatable bonds is 4. The van der Waals surface area contributed by atoms with Crippen LogP contribution in [-0.4, -0.2) is 43.4 Å². The Morgan fingerprint density at radius 1 is 1.25 bits per heavy atom. The quantitative estimate of drug-likeness (QED) is 0.776. The molecule has 146 valence electrons. The average molecular weight is 398 g/mol. The Kier molecular flexibility index (Phi) is 4.58. The lowest BCUT2D eigenvalue weighted by atomic mass is 9.80. The molecule has 0 saturated carbocycles. The minimum atomic E-state index is -1.02. The molecule has 1 aliphatic heterocycles. The van der Waals surface area contributed by atoms with E-state index in [2.05, 4.69) is 10.6 Å². The number of anilines is 2. The number of nitrogens with one attached hydrogen (secondary N) is 2. The number of fused-ring (bicyclic) bond motifs is 2. The highest BCUT2D eigenvalue weighted by Gasteiger charge is 2.54. The molecule has 0 bridgehead atoms. The van der Waals surface area contributed by atoms with Gasteiger partial charge in [0.2, 0.25) is 5.91 Å². The number of imide groups is 1. The third-order valence-corrected chi connectivity index (χ3v) is 6.29. The standard InChI is InChI=1S/C20H22N4O3S/c1-23(2)14-7-5-13(6-8-14)21-17(25)12-24-18(26)20(22-19(24)27)10-3-4-16-15(20)9-11-28-16/h5-9,11H,3-4,10,12H2,1-2H3,(H,21,25)(H,22,27)/t20-/m1/s1. The van der Waals surface area contributed by atoms with E-state index in [9.17, 15) is 14.4 Å². The summed E-state index contributed by atoms with van der Waals surface area (Å²) in [6, 6.07) is 8.75. The smallest absolute Gasteiger partial charge is 0.325 e. The molecule has 4 rings (SSSR count). The second-order valence-corrected chi connectivity index (χ2v) is 8.33. The normalized spacial score (nSPS) is 20.9. The first-order chi connectivity index (χ1) is 13.4. The van der Waals surface area contributed by atoms with E-state index in [1.807, 2.05) is 42.6 Å². The number of carbonyl (C=O) groups excluding carboxylic acids is 3. The van der Waals surface area contributed by atoms with Crippen LogP contribution in [0.3, 0.4) is 0 Å². The van der Waals surface area contributed by atoms with Gasteiger partial charge in [-0.25, -0.2) is 4.79 Å².